The Kier molecular flexibility index (Phi) is 4.83. The summed E-state index contributed by atoms with van der Waals surface area (Å²) >= 11 is 0. The lowest BCUT2D eigenvalue weighted by molar-refractivity contribution is 0.102. The monoisotopic (exact) mass is 313 g/mol. The standard InChI is InChI=1S/C17H23N5O/c1-11-7-8-12(2)13(9-11)16(23)19-14-10-18-17(22(5)6)20-15(14)21(3)4/h7-10H,1-6H3,(H,19,23). The van der Waals surface area contributed by atoms with Gasteiger partial charge in [-0.15, -0.1) is 0 Å². The number of hydrogen-bond acceptors (Lipinski definition) is 5. The van der Waals surface area contributed by atoms with Crippen molar-refractivity contribution in [3.05, 3.63) is 41.1 Å². The molecule has 2 rings (SSSR count). The fourth-order valence-corrected chi connectivity index (χ4v) is 2.18. The van der Waals surface area contributed by atoms with E-state index in [1.54, 1.807) is 6.20 Å². The van der Waals surface area contributed by atoms with E-state index < -0.39 is 0 Å². The molecule has 6 heteroatoms. The Labute approximate surface area is 137 Å². The van der Waals surface area contributed by atoms with Gasteiger partial charge in [0, 0.05) is 33.8 Å². The largest absolute Gasteiger partial charge is 0.361 e. The number of carbonyl (C=O) groups excluding carboxylic acids is 1. The van der Waals surface area contributed by atoms with Crippen LogP contribution in [0.15, 0.2) is 24.4 Å². The van der Waals surface area contributed by atoms with Crippen LogP contribution in [0.4, 0.5) is 17.5 Å². The van der Waals surface area contributed by atoms with Crippen LogP contribution < -0.4 is 15.1 Å². The Balaban J connectivity index is 2.35. The number of aryl methyl sites for hydroxylation is 2. The summed E-state index contributed by atoms with van der Waals surface area (Å²) in [5.74, 6) is 1.11. The molecular formula is C17H23N5O. The molecule has 0 spiro atoms. The molecule has 1 aromatic carbocycles. The summed E-state index contributed by atoms with van der Waals surface area (Å²) in [5.41, 5.74) is 3.23. The molecule has 0 bridgehead atoms. The number of carbonyl (C=O) groups is 1. The van der Waals surface area contributed by atoms with E-state index in [1.165, 1.54) is 0 Å². The SMILES string of the molecule is Cc1ccc(C)c(C(=O)Nc2cnc(N(C)C)nc2N(C)C)c1. The van der Waals surface area contributed by atoms with Gasteiger partial charge in [-0.05, 0) is 25.5 Å². The van der Waals surface area contributed by atoms with Gasteiger partial charge >= 0.3 is 0 Å². The van der Waals surface area contributed by atoms with Crippen LogP contribution >= 0.6 is 0 Å². The first-order valence-corrected chi connectivity index (χ1v) is 7.40. The quantitative estimate of drug-likeness (QED) is 0.939. The van der Waals surface area contributed by atoms with Crippen LogP contribution in [0.3, 0.4) is 0 Å². The van der Waals surface area contributed by atoms with Crippen molar-refractivity contribution in [1.82, 2.24) is 9.97 Å². The Bertz CT molecular complexity index is 725. The highest BCUT2D eigenvalue weighted by atomic mass is 16.1. The zero-order valence-electron chi connectivity index (χ0n) is 14.5. The van der Waals surface area contributed by atoms with Gasteiger partial charge in [0.05, 0.1) is 6.20 Å². The number of nitrogens with one attached hydrogen (secondary N) is 1. The van der Waals surface area contributed by atoms with Gasteiger partial charge in [0.1, 0.15) is 5.69 Å². The third-order valence-electron chi connectivity index (χ3n) is 3.47. The molecule has 0 atom stereocenters. The van der Waals surface area contributed by atoms with Crippen LogP contribution in [-0.4, -0.2) is 44.1 Å². The highest BCUT2D eigenvalue weighted by molar-refractivity contribution is 6.06. The van der Waals surface area contributed by atoms with Crippen molar-refractivity contribution in [2.75, 3.05) is 43.3 Å². The minimum absolute atomic E-state index is 0.157. The number of benzene rings is 1. The third kappa shape index (κ3) is 3.77. The summed E-state index contributed by atoms with van der Waals surface area (Å²) in [7, 11) is 7.52. The first kappa shape index (κ1) is 16.7. The van der Waals surface area contributed by atoms with E-state index in [9.17, 15) is 4.79 Å². The van der Waals surface area contributed by atoms with Crippen LogP contribution in [0.1, 0.15) is 21.5 Å². The zero-order valence-corrected chi connectivity index (χ0v) is 14.5. The summed E-state index contributed by atoms with van der Waals surface area (Å²) in [5, 5.41) is 2.92. The van der Waals surface area contributed by atoms with E-state index in [2.05, 4.69) is 15.3 Å². The maximum atomic E-state index is 12.6. The summed E-state index contributed by atoms with van der Waals surface area (Å²) in [4.78, 5) is 25.0. The fraction of sp³-hybridized carbons (Fsp3) is 0.353. The molecule has 0 aliphatic carbocycles. The van der Waals surface area contributed by atoms with E-state index in [0.717, 1.165) is 11.1 Å². The molecular weight excluding hydrogens is 290 g/mol. The molecule has 6 nitrogen and oxygen atoms in total. The normalized spacial score (nSPS) is 10.3. The number of rotatable bonds is 4. The number of anilines is 3. The van der Waals surface area contributed by atoms with Crippen LogP contribution in [-0.2, 0) is 0 Å². The van der Waals surface area contributed by atoms with E-state index in [0.29, 0.717) is 23.0 Å². The molecule has 0 radical (unpaired) electrons. The van der Waals surface area contributed by atoms with Crippen LogP contribution in [0.5, 0.6) is 0 Å². The average molecular weight is 313 g/mol. The topological polar surface area (TPSA) is 61.4 Å². The number of hydrogen-bond donors (Lipinski definition) is 1. The smallest absolute Gasteiger partial charge is 0.256 e. The Morgan fingerprint density at radius 3 is 2.39 bits per heavy atom. The molecule has 1 N–H and O–H groups in total. The van der Waals surface area contributed by atoms with Gasteiger partial charge in [-0.3, -0.25) is 4.79 Å². The maximum Gasteiger partial charge on any atom is 0.256 e. The van der Waals surface area contributed by atoms with E-state index in [-0.39, 0.29) is 5.91 Å². The number of nitrogens with zero attached hydrogens (tertiary/aromatic N) is 4. The molecule has 0 saturated heterocycles. The summed E-state index contributed by atoms with van der Waals surface area (Å²) in [6.45, 7) is 3.89. The number of aromatic nitrogens is 2. The molecule has 1 aromatic heterocycles. The third-order valence-corrected chi connectivity index (χ3v) is 3.47. The number of amides is 1. The van der Waals surface area contributed by atoms with E-state index in [4.69, 9.17) is 0 Å². The molecule has 2 aromatic rings. The Morgan fingerprint density at radius 2 is 1.78 bits per heavy atom. The molecule has 0 saturated carbocycles. The molecule has 0 unspecified atom stereocenters. The van der Waals surface area contributed by atoms with Gasteiger partial charge in [0.2, 0.25) is 5.95 Å². The molecule has 0 fully saturated rings. The van der Waals surface area contributed by atoms with Crippen molar-refractivity contribution in [1.29, 1.82) is 0 Å². The van der Waals surface area contributed by atoms with Gasteiger partial charge in [-0.1, -0.05) is 17.7 Å². The van der Waals surface area contributed by atoms with E-state index in [1.807, 2.05) is 70.0 Å². The van der Waals surface area contributed by atoms with E-state index >= 15 is 0 Å². The predicted molar refractivity (Wildman–Crippen MR) is 94.6 cm³/mol. The summed E-state index contributed by atoms with van der Waals surface area (Å²) in [6, 6.07) is 5.82. The van der Waals surface area contributed by atoms with Crippen LogP contribution in [0.25, 0.3) is 0 Å². The Morgan fingerprint density at radius 1 is 1.09 bits per heavy atom. The first-order chi connectivity index (χ1) is 10.8. The molecule has 0 aliphatic rings. The maximum absolute atomic E-state index is 12.6. The first-order valence-electron chi connectivity index (χ1n) is 7.40. The minimum Gasteiger partial charge on any atom is -0.361 e. The summed E-state index contributed by atoms with van der Waals surface area (Å²) in [6.07, 6.45) is 1.64. The van der Waals surface area contributed by atoms with Gasteiger partial charge < -0.3 is 15.1 Å². The summed E-state index contributed by atoms with van der Waals surface area (Å²) < 4.78 is 0. The van der Waals surface area contributed by atoms with Crippen molar-refractivity contribution in [2.45, 2.75) is 13.8 Å². The lowest BCUT2D eigenvalue weighted by Crippen LogP contribution is -2.21. The van der Waals surface area contributed by atoms with Crippen molar-refractivity contribution in [2.24, 2.45) is 0 Å². The predicted octanol–water partition coefficient (Wildman–Crippen LogP) is 2.48. The molecule has 1 heterocycles. The van der Waals surface area contributed by atoms with Crippen LogP contribution in [0, 0.1) is 13.8 Å². The van der Waals surface area contributed by atoms with Gasteiger partial charge in [0.15, 0.2) is 5.82 Å². The molecule has 122 valence electrons. The fourth-order valence-electron chi connectivity index (χ4n) is 2.18. The van der Waals surface area contributed by atoms with Gasteiger partial charge in [0.25, 0.3) is 5.91 Å². The Hall–Kier alpha value is -2.63. The van der Waals surface area contributed by atoms with Crippen molar-refractivity contribution in [3.8, 4) is 0 Å². The molecule has 1 amide bonds. The second kappa shape index (κ2) is 6.64. The van der Waals surface area contributed by atoms with Crippen molar-refractivity contribution >= 4 is 23.4 Å². The lowest BCUT2D eigenvalue weighted by atomic mass is 10.1. The molecule has 0 aliphatic heterocycles. The lowest BCUT2D eigenvalue weighted by Gasteiger charge is -2.19. The average Bonchev–Trinajstić information content (AvgIpc) is 2.49. The minimum atomic E-state index is -0.157. The van der Waals surface area contributed by atoms with Gasteiger partial charge in [-0.25, -0.2) is 4.98 Å². The van der Waals surface area contributed by atoms with Crippen LogP contribution in [0.2, 0.25) is 0 Å². The molecule has 23 heavy (non-hydrogen) atoms. The second-order valence-corrected chi connectivity index (χ2v) is 5.97. The van der Waals surface area contributed by atoms with Crippen molar-refractivity contribution in [3.63, 3.8) is 0 Å². The van der Waals surface area contributed by atoms with Gasteiger partial charge in [-0.2, -0.15) is 4.98 Å². The second-order valence-electron chi connectivity index (χ2n) is 5.97. The highest BCUT2D eigenvalue weighted by Gasteiger charge is 2.15. The highest BCUT2D eigenvalue weighted by Crippen LogP contribution is 2.24. The zero-order chi connectivity index (χ0) is 17.1. The van der Waals surface area contributed by atoms with Crippen molar-refractivity contribution < 1.29 is 4.79 Å².